The quantitative estimate of drug-likeness (QED) is 0.801. The van der Waals surface area contributed by atoms with Gasteiger partial charge in [0.15, 0.2) is 0 Å². The first-order chi connectivity index (χ1) is 8.81. The van der Waals surface area contributed by atoms with Gasteiger partial charge in [-0.05, 0) is 37.0 Å². The van der Waals surface area contributed by atoms with E-state index in [1.807, 2.05) is 12.1 Å². The van der Waals surface area contributed by atoms with E-state index in [4.69, 9.17) is 4.74 Å². The molecule has 2 nitrogen and oxygen atoms in total. The fourth-order valence-electron chi connectivity index (χ4n) is 2.65. The number of hydrogen-bond donors (Lipinski definition) is 1. The lowest BCUT2D eigenvalue weighted by Gasteiger charge is -2.28. The van der Waals surface area contributed by atoms with Crippen molar-refractivity contribution in [1.29, 1.82) is 0 Å². The van der Waals surface area contributed by atoms with E-state index in [1.54, 1.807) is 0 Å². The van der Waals surface area contributed by atoms with Crippen LogP contribution in [0.1, 0.15) is 56.9 Å². The van der Waals surface area contributed by atoms with E-state index in [2.05, 4.69) is 19.1 Å². The second-order valence-electron chi connectivity index (χ2n) is 5.23. The molecule has 1 aliphatic rings. The van der Waals surface area contributed by atoms with Crippen LogP contribution in [0.15, 0.2) is 24.3 Å². The number of rotatable bonds is 5. The molecule has 1 aliphatic carbocycles. The van der Waals surface area contributed by atoms with Gasteiger partial charge in [-0.3, -0.25) is 0 Å². The van der Waals surface area contributed by atoms with Gasteiger partial charge in [0.1, 0.15) is 5.75 Å². The lowest BCUT2D eigenvalue weighted by Crippen LogP contribution is -2.22. The third-order valence-electron chi connectivity index (χ3n) is 3.80. The van der Waals surface area contributed by atoms with Gasteiger partial charge in [-0.15, -0.1) is 0 Å². The summed E-state index contributed by atoms with van der Waals surface area (Å²) in [6.45, 7) is 2.96. The lowest BCUT2D eigenvalue weighted by atomic mass is 9.82. The maximum atomic E-state index is 10.0. The smallest absolute Gasteiger partial charge is 0.119 e. The van der Waals surface area contributed by atoms with Crippen molar-refractivity contribution in [2.45, 2.75) is 57.5 Å². The summed E-state index contributed by atoms with van der Waals surface area (Å²) in [5, 5.41) is 10.0. The average molecular weight is 248 g/mol. The van der Waals surface area contributed by atoms with Gasteiger partial charge in [-0.25, -0.2) is 0 Å². The van der Waals surface area contributed by atoms with Crippen LogP contribution in [0.4, 0.5) is 0 Å². The zero-order valence-corrected chi connectivity index (χ0v) is 11.3. The Morgan fingerprint density at radius 2 is 1.89 bits per heavy atom. The monoisotopic (exact) mass is 248 g/mol. The van der Waals surface area contributed by atoms with Gasteiger partial charge < -0.3 is 9.84 Å². The topological polar surface area (TPSA) is 29.5 Å². The molecule has 2 heteroatoms. The van der Waals surface area contributed by atoms with Crippen LogP contribution in [0.2, 0.25) is 0 Å². The Bertz CT molecular complexity index is 345. The van der Waals surface area contributed by atoms with Crippen molar-refractivity contribution in [3.05, 3.63) is 29.8 Å². The minimum atomic E-state index is -0.161. The predicted molar refractivity (Wildman–Crippen MR) is 74.1 cm³/mol. The lowest BCUT2D eigenvalue weighted by molar-refractivity contribution is 0.106. The summed E-state index contributed by atoms with van der Waals surface area (Å²) in [7, 11) is 0. The highest BCUT2D eigenvalue weighted by atomic mass is 16.5. The molecule has 0 heterocycles. The fraction of sp³-hybridized carbons (Fsp3) is 0.625. The van der Waals surface area contributed by atoms with Crippen molar-refractivity contribution in [1.82, 2.24) is 0 Å². The van der Waals surface area contributed by atoms with E-state index in [9.17, 15) is 5.11 Å². The van der Waals surface area contributed by atoms with Gasteiger partial charge in [-0.1, -0.05) is 38.3 Å². The largest absolute Gasteiger partial charge is 0.494 e. The Hall–Kier alpha value is -1.02. The van der Waals surface area contributed by atoms with Crippen LogP contribution in [0.25, 0.3) is 0 Å². The van der Waals surface area contributed by atoms with Gasteiger partial charge >= 0.3 is 0 Å². The molecule has 0 unspecified atom stereocenters. The molecule has 0 saturated heterocycles. The maximum absolute atomic E-state index is 10.0. The fourth-order valence-corrected chi connectivity index (χ4v) is 2.65. The number of aliphatic hydroxyl groups excluding tert-OH is 1. The predicted octanol–water partition coefficient (Wildman–Crippen LogP) is 3.88. The summed E-state index contributed by atoms with van der Waals surface area (Å²) in [5.41, 5.74) is 1.25. The summed E-state index contributed by atoms with van der Waals surface area (Å²) in [6.07, 6.45) is 6.55. The number of aliphatic hydroxyl groups is 1. The summed E-state index contributed by atoms with van der Waals surface area (Å²) < 4.78 is 5.65. The SMILES string of the molecule is CCCCOc1ccc([C@H]2CCCC[C@@H]2O)cc1. The Morgan fingerprint density at radius 3 is 2.56 bits per heavy atom. The molecule has 0 amide bonds. The molecule has 2 rings (SSSR count). The highest BCUT2D eigenvalue weighted by molar-refractivity contribution is 5.30. The van der Waals surface area contributed by atoms with Crippen molar-refractivity contribution in [3.63, 3.8) is 0 Å². The molecule has 1 aromatic rings. The number of unbranched alkanes of at least 4 members (excludes halogenated alkanes) is 1. The Kier molecular flexibility index (Phi) is 5.06. The molecular weight excluding hydrogens is 224 g/mol. The summed E-state index contributed by atoms with van der Waals surface area (Å²) in [4.78, 5) is 0. The molecule has 0 aromatic heterocycles. The van der Waals surface area contributed by atoms with Gasteiger partial charge in [-0.2, -0.15) is 0 Å². The molecule has 1 N–H and O–H groups in total. The third kappa shape index (κ3) is 3.49. The molecule has 100 valence electrons. The maximum Gasteiger partial charge on any atom is 0.119 e. The van der Waals surface area contributed by atoms with Gasteiger partial charge in [0, 0.05) is 5.92 Å². The summed E-state index contributed by atoms with van der Waals surface area (Å²) >= 11 is 0. The Labute approximate surface area is 110 Å². The second kappa shape index (κ2) is 6.79. The van der Waals surface area contributed by atoms with Crippen LogP contribution in [0.5, 0.6) is 5.75 Å². The molecule has 0 spiro atoms. The van der Waals surface area contributed by atoms with Crippen LogP contribution >= 0.6 is 0 Å². The normalized spacial score (nSPS) is 23.9. The van der Waals surface area contributed by atoms with Gasteiger partial charge in [0.25, 0.3) is 0 Å². The molecule has 1 fully saturated rings. The van der Waals surface area contributed by atoms with E-state index < -0.39 is 0 Å². The van der Waals surface area contributed by atoms with Crippen molar-refractivity contribution >= 4 is 0 Å². The first-order valence-electron chi connectivity index (χ1n) is 7.22. The first kappa shape index (κ1) is 13.4. The van der Waals surface area contributed by atoms with Gasteiger partial charge in [0.2, 0.25) is 0 Å². The first-order valence-corrected chi connectivity index (χ1v) is 7.22. The Morgan fingerprint density at radius 1 is 1.17 bits per heavy atom. The summed E-state index contributed by atoms with van der Waals surface area (Å²) in [5.74, 6) is 1.26. The highest BCUT2D eigenvalue weighted by Crippen LogP contribution is 2.33. The molecule has 1 saturated carbocycles. The standard InChI is InChI=1S/C16H24O2/c1-2-3-12-18-14-10-8-13(9-11-14)15-6-4-5-7-16(15)17/h8-11,15-17H,2-7,12H2,1H3/t15-,16+/m1/s1. The molecular formula is C16H24O2. The zero-order chi connectivity index (χ0) is 12.8. The summed E-state index contributed by atoms with van der Waals surface area (Å²) in [6, 6.07) is 8.29. The van der Waals surface area contributed by atoms with Crippen LogP contribution in [0, 0.1) is 0 Å². The average Bonchev–Trinajstić information content (AvgIpc) is 2.41. The van der Waals surface area contributed by atoms with Crippen LogP contribution in [-0.4, -0.2) is 17.8 Å². The number of benzene rings is 1. The minimum absolute atomic E-state index is 0.161. The number of ether oxygens (including phenoxy) is 1. The molecule has 1 aromatic carbocycles. The van der Waals surface area contributed by atoms with E-state index in [1.165, 1.54) is 12.0 Å². The minimum Gasteiger partial charge on any atom is -0.494 e. The van der Waals surface area contributed by atoms with Crippen molar-refractivity contribution in [2.24, 2.45) is 0 Å². The molecule has 0 bridgehead atoms. The second-order valence-corrected chi connectivity index (χ2v) is 5.23. The molecule has 0 radical (unpaired) electrons. The molecule has 0 aliphatic heterocycles. The van der Waals surface area contributed by atoms with Crippen LogP contribution in [-0.2, 0) is 0 Å². The van der Waals surface area contributed by atoms with E-state index in [0.29, 0.717) is 5.92 Å². The number of hydrogen-bond acceptors (Lipinski definition) is 2. The molecule has 2 atom stereocenters. The van der Waals surface area contributed by atoms with E-state index in [-0.39, 0.29) is 6.10 Å². The van der Waals surface area contributed by atoms with Crippen LogP contribution in [0.3, 0.4) is 0 Å². The van der Waals surface area contributed by atoms with E-state index in [0.717, 1.165) is 44.5 Å². The van der Waals surface area contributed by atoms with Crippen molar-refractivity contribution in [2.75, 3.05) is 6.61 Å². The zero-order valence-electron chi connectivity index (χ0n) is 11.3. The highest BCUT2D eigenvalue weighted by Gasteiger charge is 2.24. The Balaban J connectivity index is 1.94. The van der Waals surface area contributed by atoms with Crippen molar-refractivity contribution in [3.8, 4) is 5.75 Å². The van der Waals surface area contributed by atoms with Crippen molar-refractivity contribution < 1.29 is 9.84 Å². The van der Waals surface area contributed by atoms with Crippen LogP contribution < -0.4 is 4.74 Å². The van der Waals surface area contributed by atoms with E-state index >= 15 is 0 Å². The van der Waals surface area contributed by atoms with Gasteiger partial charge in [0.05, 0.1) is 12.7 Å². The molecule has 18 heavy (non-hydrogen) atoms. The third-order valence-corrected chi connectivity index (χ3v) is 3.80.